The van der Waals surface area contributed by atoms with Gasteiger partial charge in [0.25, 0.3) is 0 Å². The normalized spacial score (nSPS) is 22.1. The molecule has 6 N–H and O–H groups in total. The number of alkyl halides is 3. The van der Waals surface area contributed by atoms with Gasteiger partial charge in [-0.3, -0.25) is 10.1 Å². The number of carboxylic acid groups (broad SMARTS) is 1. The SMILES string of the molecule is Nc1nc(O[C@H](c2ccc3c(c2)CNCN3)C(F)(F)F)cc(N2CCC3(CC2)CN[C@H](C(=O)O)C3)n1. The van der Waals surface area contributed by atoms with Gasteiger partial charge in [0.2, 0.25) is 17.9 Å². The highest BCUT2D eigenvalue weighted by atomic mass is 19.4. The van der Waals surface area contributed by atoms with E-state index in [0.717, 1.165) is 18.5 Å². The lowest BCUT2D eigenvalue weighted by Crippen LogP contribution is -2.41. The van der Waals surface area contributed by atoms with E-state index in [0.29, 0.717) is 50.6 Å². The summed E-state index contributed by atoms with van der Waals surface area (Å²) in [5.74, 6) is -0.920. The van der Waals surface area contributed by atoms with Crippen molar-refractivity contribution in [3.8, 4) is 5.88 Å². The van der Waals surface area contributed by atoms with Crippen molar-refractivity contribution in [3.63, 3.8) is 0 Å². The van der Waals surface area contributed by atoms with Crippen LogP contribution in [0.5, 0.6) is 5.88 Å². The summed E-state index contributed by atoms with van der Waals surface area (Å²) in [7, 11) is 0. The number of rotatable bonds is 5. The molecular weight excluding hydrogens is 479 g/mol. The highest BCUT2D eigenvalue weighted by molar-refractivity contribution is 5.74. The van der Waals surface area contributed by atoms with Crippen molar-refractivity contribution < 1.29 is 27.8 Å². The van der Waals surface area contributed by atoms with Crippen molar-refractivity contribution in [1.82, 2.24) is 20.6 Å². The van der Waals surface area contributed by atoms with Gasteiger partial charge < -0.3 is 31.1 Å². The Kier molecular flexibility index (Phi) is 6.29. The predicted molar refractivity (Wildman–Crippen MR) is 126 cm³/mol. The minimum Gasteiger partial charge on any atom is -0.480 e. The van der Waals surface area contributed by atoms with E-state index in [1.807, 2.05) is 4.90 Å². The van der Waals surface area contributed by atoms with Crippen LogP contribution in [0.15, 0.2) is 24.3 Å². The molecule has 1 aromatic heterocycles. The summed E-state index contributed by atoms with van der Waals surface area (Å²) in [6, 6.07) is 5.30. The minimum absolute atomic E-state index is 0.0351. The molecule has 2 aromatic rings. The number of nitrogen functional groups attached to an aromatic ring is 1. The first-order chi connectivity index (χ1) is 17.1. The summed E-state index contributed by atoms with van der Waals surface area (Å²) in [5.41, 5.74) is 7.19. The quantitative estimate of drug-likeness (QED) is 0.410. The maximum Gasteiger partial charge on any atom is 0.429 e. The zero-order valence-electron chi connectivity index (χ0n) is 19.4. The number of ether oxygens (including phenoxy) is 1. The number of nitrogens with two attached hydrogens (primary N) is 1. The van der Waals surface area contributed by atoms with Gasteiger partial charge in [0.05, 0.1) is 6.67 Å². The topological polar surface area (TPSA) is 138 Å². The number of aliphatic carboxylic acids is 1. The lowest BCUT2D eigenvalue weighted by Gasteiger charge is -2.39. The highest BCUT2D eigenvalue weighted by Gasteiger charge is 2.45. The van der Waals surface area contributed by atoms with Gasteiger partial charge in [-0.25, -0.2) is 0 Å². The number of carbonyl (C=O) groups is 1. The third-order valence-electron chi connectivity index (χ3n) is 7.20. The molecule has 0 amide bonds. The molecule has 0 saturated carbocycles. The van der Waals surface area contributed by atoms with Crippen molar-refractivity contribution in [2.24, 2.45) is 5.41 Å². The summed E-state index contributed by atoms with van der Waals surface area (Å²) in [5, 5.41) is 18.5. The number of fused-ring (bicyclic) bond motifs is 1. The molecule has 0 radical (unpaired) electrons. The number of halogens is 3. The van der Waals surface area contributed by atoms with Crippen LogP contribution in [0.3, 0.4) is 0 Å². The van der Waals surface area contributed by atoms with Crippen LogP contribution in [-0.2, 0) is 11.3 Å². The Morgan fingerprint density at radius 2 is 2.03 bits per heavy atom. The van der Waals surface area contributed by atoms with Gasteiger partial charge in [0.1, 0.15) is 11.9 Å². The Morgan fingerprint density at radius 3 is 2.72 bits per heavy atom. The van der Waals surface area contributed by atoms with Crippen LogP contribution in [0, 0.1) is 5.41 Å². The Bertz CT molecular complexity index is 1140. The fraction of sp³-hybridized carbons (Fsp3) is 0.522. The Hall–Kier alpha value is -3.32. The molecule has 194 valence electrons. The lowest BCUT2D eigenvalue weighted by molar-refractivity contribution is -0.198. The summed E-state index contributed by atoms with van der Waals surface area (Å²) < 4.78 is 47.5. The molecule has 0 bridgehead atoms. The van der Waals surface area contributed by atoms with Crippen LogP contribution in [0.2, 0.25) is 0 Å². The predicted octanol–water partition coefficient (Wildman–Crippen LogP) is 2.25. The molecule has 2 atom stereocenters. The molecule has 10 nitrogen and oxygen atoms in total. The second kappa shape index (κ2) is 9.28. The van der Waals surface area contributed by atoms with E-state index >= 15 is 0 Å². The van der Waals surface area contributed by atoms with Crippen molar-refractivity contribution in [2.75, 3.05) is 42.3 Å². The molecule has 4 heterocycles. The number of carboxylic acids is 1. The molecule has 13 heteroatoms. The first-order valence-electron chi connectivity index (χ1n) is 11.8. The first kappa shape index (κ1) is 24.4. The summed E-state index contributed by atoms with van der Waals surface area (Å²) >= 11 is 0. The number of benzene rings is 1. The minimum atomic E-state index is -4.68. The Balaban J connectivity index is 1.33. The number of nitrogens with zero attached hydrogens (tertiary/aromatic N) is 3. The third-order valence-corrected chi connectivity index (χ3v) is 7.20. The van der Waals surface area contributed by atoms with E-state index in [-0.39, 0.29) is 22.8 Å². The molecule has 36 heavy (non-hydrogen) atoms. The fourth-order valence-corrected chi connectivity index (χ4v) is 5.23. The van der Waals surface area contributed by atoms with Crippen LogP contribution >= 0.6 is 0 Å². The largest absolute Gasteiger partial charge is 0.480 e. The van der Waals surface area contributed by atoms with E-state index in [1.54, 1.807) is 6.07 Å². The van der Waals surface area contributed by atoms with Crippen LogP contribution in [-0.4, -0.2) is 59.6 Å². The maximum atomic E-state index is 14.0. The monoisotopic (exact) mass is 507 g/mol. The van der Waals surface area contributed by atoms with Crippen molar-refractivity contribution >= 4 is 23.4 Å². The van der Waals surface area contributed by atoms with Gasteiger partial charge in [-0.2, -0.15) is 23.1 Å². The van der Waals surface area contributed by atoms with E-state index in [1.165, 1.54) is 18.2 Å². The summed E-state index contributed by atoms with van der Waals surface area (Å²) in [4.78, 5) is 21.4. The second-order valence-electron chi connectivity index (χ2n) is 9.62. The molecule has 3 aliphatic rings. The maximum absolute atomic E-state index is 14.0. The van der Waals surface area contributed by atoms with Crippen molar-refractivity contribution in [3.05, 3.63) is 35.4 Å². The van der Waals surface area contributed by atoms with Crippen molar-refractivity contribution in [2.45, 2.75) is 44.1 Å². The number of hydrogen-bond acceptors (Lipinski definition) is 9. The van der Waals surface area contributed by atoms with E-state index in [4.69, 9.17) is 10.5 Å². The molecule has 1 spiro atoms. The summed E-state index contributed by atoms with van der Waals surface area (Å²) in [6.07, 6.45) is -4.90. The zero-order chi connectivity index (χ0) is 25.5. The third kappa shape index (κ3) is 4.98. The molecular formula is C23H28F3N7O3. The summed E-state index contributed by atoms with van der Waals surface area (Å²) in [6.45, 7) is 2.75. The molecule has 0 aliphatic carbocycles. The molecule has 5 rings (SSSR count). The van der Waals surface area contributed by atoms with Crippen LogP contribution < -0.4 is 31.3 Å². The van der Waals surface area contributed by atoms with Gasteiger partial charge in [0.15, 0.2) is 0 Å². The van der Waals surface area contributed by atoms with Crippen LogP contribution in [0.25, 0.3) is 0 Å². The average molecular weight is 508 g/mol. The molecule has 2 saturated heterocycles. The highest BCUT2D eigenvalue weighted by Crippen LogP contribution is 2.41. The van der Waals surface area contributed by atoms with Crippen LogP contribution in [0.1, 0.15) is 36.5 Å². The number of aromatic nitrogens is 2. The molecule has 0 unspecified atom stereocenters. The fourth-order valence-electron chi connectivity index (χ4n) is 5.23. The molecule has 3 aliphatic heterocycles. The Morgan fingerprint density at radius 1 is 1.25 bits per heavy atom. The second-order valence-corrected chi connectivity index (χ2v) is 9.62. The van der Waals surface area contributed by atoms with Gasteiger partial charge in [0, 0.05) is 43.5 Å². The van der Waals surface area contributed by atoms with Gasteiger partial charge in [-0.1, -0.05) is 6.07 Å². The first-order valence-corrected chi connectivity index (χ1v) is 11.8. The molecule has 1 aromatic carbocycles. The number of anilines is 3. The van der Waals surface area contributed by atoms with E-state index in [2.05, 4.69) is 25.9 Å². The molecule has 2 fully saturated rings. The smallest absolute Gasteiger partial charge is 0.429 e. The number of nitrogens with one attached hydrogen (secondary N) is 3. The number of piperidine rings is 1. The lowest BCUT2D eigenvalue weighted by atomic mass is 9.76. The van der Waals surface area contributed by atoms with Gasteiger partial charge in [-0.15, -0.1) is 0 Å². The van der Waals surface area contributed by atoms with Crippen molar-refractivity contribution in [1.29, 1.82) is 0 Å². The van der Waals surface area contributed by atoms with Crippen LogP contribution in [0.4, 0.5) is 30.6 Å². The average Bonchev–Trinajstić information content (AvgIpc) is 3.25. The van der Waals surface area contributed by atoms with E-state index < -0.39 is 24.3 Å². The Labute approximate surface area is 205 Å². The van der Waals surface area contributed by atoms with E-state index in [9.17, 15) is 23.1 Å². The zero-order valence-corrected chi connectivity index (χ0v) is 19.4. The standard InChI is InChI=1S/C23H28F3N7O3/c24-23(25,26)19(13-1-2-15-14(7-13)10-28-12-30-15)36-18-8-17(31-21(27)32-18)33-5-3-22(4-6-33)9-16(20(34)35)29-11-22/h1-2,7-8,16,19,28-30H,3-6,9-12H2,(H,34,35)(H2,27,31,32)/t16-,19+/m0/s1. The number of hydrogen-bond donors (Lipinski definition) is 5. The van der Waals surface area contributed by atoms with Gasteiger partial charge in [-0.05, 0) is 42.4 Å². The van der Waals surface area contributed by atoms with Gasteiger partial charge >= 0.3 is 12.1 Å².